The zero-order valence-corrected chi connectivity index (χ0v) is 35.9. The first kappa shape index (κ1) is 42.1. The average Bonchev–Trinajstić information content (AvgIpc) is 3.41. The van der Waals surface area contributed by atoms with Crippen molar-refractivity contribution in [2.45, 2.75) is 145 Å². The molecule has 0 aliphatic heterocycles. The third kappa shape index (κ3) is 6.86. The number of likely N-dealkylation sites (N-methyl/N-ethyl adjacent to an activating group) is 1. The van der Waals surface area contributed by atoms with Gasteiger partial charge in [-0.15, -0.1) is 0 Å². The maximum atomic E-state index is 14.2. The minimum absolute atomic E-state index is 0.0198. The number of aliphatic hydroxyl groups excluding tert-OH is 1. The summed E-state index contributed by atoms with van der Waals surface area (Å²) < 4.78 is 6.19. The Hall–Kier alpha value is -2.55. The van der Waals surface area contributed by atoms with E-state index in [0.29, 0.717) is 24.8 Å². The monoisotopic (exact) mass is 761 g/mol. The molecule has 4 fully saturated rings. The number of carboxylic acids is 1. The van der Waals surface area contributed by atoms with Crippen LogP contribution in [0.5, 0.6) is 0 Å². The molecule has 0 heterocycles. The summed E-state index contributed by atoms with van der Waals surface area (Å²) in [5.74, 6) is 0.0404. The molecule has 4 saturated carbocycles. The first-order chi connectivity index (χ1) is 25.5. The first-order valence-electron chi connectivity index (χ1n) is 21.4. The molecular weight excluding hydrogens is 689 g/mol. The number of aliphatic carboxylic acids is 1. The zero-order chi connectivity index (χ0) is 40.5. The van der Waals surface area contributed by atoms with Gasteiger partial charge in [-0.2, -0.15) is 0 Å². The molecule has 306 valence electrons. The van der Waals surface area contributed by atoms with Crippen LogP contribution in [0.15, 0.2) is 41.5 Å². The van der Waals surface area contributed by atoms with Crippen molar-refractivity contribution < 1.29 is 29.3 Å². The number of nitrogens with one attached hydrogen (secondary N) is 1. The van der Waals surface area contributed by atoms with E-state index in [4.69, 9.17) is 4.74 Å². The highest BCUT2D eigenvalue weighted by molar-refractivity contribution is 6.00. The van der Waals surface area contributed by atoms with Crippen molar-refractivity contribution in [3.8, 4) is 0 Å². The van der Waals surface area contributed by atoms with Gasteiger partial charge in [0, 0.05) is 36.4 Å². The Kier molecular flexibility index (Phi) is 11.2. The summed E-state index contributed by atoms with van der Waals surface area (Å²) in [7, 11) is 4.16. The standard InChI is InChI=1S/C47H72N2O6/c1-29(2)39-33(50)25-47(36(51)27-48-32(28-49(10)11)30-15-13-12-14-16-30)24-23-45(8)31(40(39)47)17-18-35-44(7)21-20-37(55-38(52)26-42(3,4)41(53)54)43(5,6)34(44)19-22-46(35,45)9/h12-16,29,31-32,34-37,48,51H,17-28H2,1-11H3,(H,53,54)/t31?,32-,34-,35+,36-,37?,44-,45+,46+,47?/m0/s1. The minimum Gasteiger partial charge on any atom is -0.481 e. The molecule has 0 aromatic heterocycles. The molecule has 0 radical (unpaired) electrons. The Morgan fingerprint density at radius 2 is 1.60 bits per heavy atom. The number of hydrogen-bond acceptors (Lipinski definition) is 7. The maximum Gasteiger partial charge on any atom is 0.309 e. The molecule has 1 aromatic carbocycles. The summed E-state index contributed by atoms with van der Waals surface area (Å²) in [6, 6.07) is 10.5. The fourth-order valence-electron chi connectivity index (χ4n) is 13.7. The molecule has 0 amide bonds. The van der Waals surface area contributed by atoms with Gasteiger partial charge in [0.1, 0.15) is 6.10 Å². The molecular formula is C47H72N2O6. The number of carboxylic acid groups (broad SMARTS) is 1. The zero-order valence-electron chi connectivity index (χ0n) is 35.9. The van der Waals surface area contributed by atoms with Crippen LogP contribution < -0.4 is 5.32 Å². The lowest BCUT2D eigenvalue weighted by Crippen LogP contribution is -2.66. The number of Topliss-reactive ketones (excluding diaryl/α,β-unsaturated/α-hetero) is 1. The number of ketones is 1. The van der Waals surface area contributed by atoms with E-state index in [1.165, 1.54) is 11.1 Å². The van der Waals surface area contributed by atoms with Crippen molar-refractivity contribution in [2.75, 3.05) is 27.2 Å². The van der Waals surface area contributed by atoms with Gasteiger partial charge in [0.15, 0.2) is 5.78 Å². The van der Waals surface area contributed by atoms with Crippen molar-refractivity contribution in [2.24, 2.45) is 56.2 Å². The number of ether oxygens (including phenoxy) is 1. The van der Waals surface area contributed by atoms with Gasteiger partial charge in [0.05, 0.1) is 17.9 Å². The van der Waals surface area contributed by atoms with Gasteiger partial charge in [-0.1, -0.05) is 84.4 Å². The lowest BCUT2D eigenvalue weighted by molar-refractivity contribution is -0.235. The number of rotatable bonds is 12. The molecule has 8 heteroatoms. The summed E-state index contributed by atoms with van der Waals surface area (Å²) in [6.45, 7) is 21.0. The van der Waals surface area contributed by atoms with Crippen molar-refractivity contribution in [3.05, 3.63) is 47.0 Å². The summed E-state index contributed by atoms with van der Waals surface area (Å²) in [4.78, 5) is 41.3. The van der Waals surface area contributed by atoms with E-state index in [0.717, 1.165) is 63.5 Å². The third-order valence-corrected chi connectivity index (χ3v) is 16.8. The van der Waals surface area contributed by atoms with Gasteiger partial charge in [0.2, 0.25) is 0 Å². The van der Waals surface area contributed by atoms with Crippen LogP contribution >= 0.6 is 0 Å². The largest absolute Gasteiger partial charge is 0.481 e. The Morgan fingerprint density at radius 1 is 0.927 bits per heavy atom. The van der Waals surface area contributed by atoms with E-state index in [2.05, 4.69) is 97.0 Å². The van der Waals surface area contributed by atoms with Crippen LogP contribution in [0.4, 0.5) is 0 Å². The van der Waals surface area contributed by atoms with Crippen LogP contribution in [0, 0.1) is 56.2 Å². The van der Waals surface area contributed by atoms with Gasteiger partial charge >= 0.3 is 11.9 Å². The quantitative estimate of drug-likeness (QED) is 0.182. The minimum atomic E-state index is -1.17. The second-order valence-electron chi connectivity index (χ2n) is 21.2. The normalized spacial score (nSPS) is 36.8. The summed E-state index contributed by atoms with van der Waals surface area (Å²) in [6.07, 6.45) is 7.18. The predicted octanol–water partition coefficient (Wildman–Crippen LogP) is 8.63. The lowest BCUT2D eigenvalue weighted by Gasteiger charge is -2.72. The highest BCUT2D eigenvalue weighted by Crippen LogP contribution is 2.77. The SMILES string of the molecule is CC(C)C1=C2C3CC[C@@H]4[C@@]5(C)CCC(OC(=O)CC(C)(C)C(=O)O)C(C)(C)[C@@H]5CC[C@@]4(C)[C@]3(C)CCC2([C@@H](O)CN[C@@H](CN(C)C)c2ccccc2)CC1=O. The van der Waals surface area contributed by atoms with Gasteiger partial charge in [-0.25, -0.2) is 0 Å². The van der Waals surface area contributed by atoms with Crippen molar-refractivity contribution in [3.63, 3.8) is 0 Å². The van der Waals surface area contributed by atoms with E-state index in [1.54, 1.807) is 13.8 Å². The topological polar surface area (TPSA) is 116 Å². The van der Waals surface area contributed by atoms with Crippen LogP contribution in [0.25, 0.3) is 0 Å². The average molecular weight is 761 g/mol. The molecule has 0 bridgehead atoms. The molecule has 55 heavy (non-hydrogen) atoms. The molecule has 0 spiro atoms. The second-order valence-corrected chi connectivity index (χ2v) is 21.2. The molecule has 10 atom stereocenters. The van der Waals surface area contributed by atoms with Gasteiger partial charge in [0.25, 0.3) is 0 Å². The van der Waals surface area contributed by atoms with Crippen molar-refractivity contribution in [1.29, 1.82) is 0 Å². The van der Waals surface area contributed by atoms with Crippen molar-refractivity contribution in [1.82, 2.24) is 10.2 Å². The number of esters is 1. The fourth-order valence-corrected chi connectivity index (χ4v) is 13.7. The van der Waals surface area contributed by atoms with Gasteiger partial charge in [-0.3, -0.25) is 14.4 Å². The highest BCUT2D eigenvalue weighted by Gasteiger charge is 2.70. The van der Waals surface area contributed by atoms with Gasteiger partial charge in [-0.05, 0) is 130 Å². The van der Waals surface area contributed by atoms with Gasteiger partial charge < -0.3 is 25.2 Å². The van der Waals surface area contributed by atoms with E-state index < -0.39 is 28.9 Å². The molecule has 5 aliphatic carbocycles. The number of carbonyl (C=O) groups excluding carboxylic acids is 2. The molecule has 0 saturated heterocycles. The van der Waals surface area contributed by atoms with Crippen LogP contribution in [0.1, 0.15) is 138 Å². The van der Waals surface area contributed by atoms with Crippen LogP contribution in [0.3, 0.4) is 0 Å². The lowest BCUT2D eigenvalue weighted by atomic mass is 9.33. The smallest absolute Gasteiger partial charge is 0.309 e. The van der Waals surface area contributed by atoms with E-state index in [9.17, 15) is 24.6 Å². The molecule has 1 aromatic rings. The number of allylic oxidation sites excluding steroid dienone is 1. The maximum absolute atomic E-state index is 14.2. The predicted molar refractivity (Wildman–Crippen MR) is 217 cm³/mol. The summed E-state index contributed by atoms with van der Waals surface area (Å²) in [5, 5.41) is 25.8. The molecule has 3 N–H and O–H groups in total. The number of nitrogens with zero attached hydrogens (tertiary/aromatic N) is 1. The Balaban J connectivity index is 1.27. The molecule has 3 unspecified atom stereocenters. The molecule has 8 nitrogen and oxygen atoms in total. The number of benzene rings is 1. The van der Waals surface area contributed by atoms with Crippen LogP contribution in [-0.2, 0) is 19.1 Å². The first-order valence-corrected chi connectivity index (χ1v) is 21.4. The number of carbonyl (C=O) groups is 3. The third-order valence-electron chi connectivity index (χ3n) is 16.8. The van der Waals surface area contributed by atoms with E-state index in [1.807, 2.05) is 6.07 Å². The number of aliphatic hydroxyl groups is 1. The van der Waals surface area contributed by atoms with Crippen molar-refractivity contribution >= 4 is 17.7 Å². The summed E-state index contributed by atoms with van der Waals surface area (Å²) >= 11 is 0. The number of fused-ring (bicyclic) bond motifs is 7. The van der Waals surface area contributed by atoms with E-state index >= 15 is 0 Å². The Labute approximate surface area is 331 Å². The Morgan fingerprint density at radius 3 is 2.22 bits per heavy atom. The van der Waals surface area contributed by atoms with E-state index in [-0.39, 0.29) is 57.8 Å². The second kappa shape index (κ2) is 14.7. The van der Waals surface area contributed by atoms with Crippen LogP contribution in [-0.4, -0.2) is 72.2 Å². The fraction of sp³-hybridized carbons (Fsp3) is 0.766. The van der Waals surface area contributed by atoms with Crippen LogP contribution in [0.2, 0.25) is 0 Å². The highest BCUT2D eigenvalue weighted by atomic mass is 16.5. The molecule has 5 aliphatic rings. The Bertz CT molecular complexity index is 1670. The number of hydrogen-bond donors (Lipinski definition) is 3. The molecule has 6 rings (SSSR count). The summed E-state index contributed by atoms with van der Waals surface area (Å²) in [5.41, 5.74) is 1.63.